The minimum absolute atomic E-state index is 0.732. The van der Waals surface area contributed by atoms with Crippen molar-refractivity contribution < 1.29 is 4.74 Å². The summed E-state index contributed by atoms with van der Waals surface area (Å²) in [4.78, 5) is 5.43. The SMILES string of the molecule is C1CCCN(CC2CCNCC2N2CCOCC2)CC1. The molecule has 3 fully saturated rings. The summed E-state index contributed by atoms with van der Waals surface area (Å²) in [6.07, 6.45) is 7.05. The Kier molecular flexibility index (Phi) is 5.71. The summed E-state index contributed by atoms with van der Waals surface area (Å²) in [5, 5.41) is 3.61. The fourth-order valence-corrected chi connectivity index (χ4v) is 4.10. The highest BCUT2D eigenvalue weighted by Gasteiger charge is 2.32. The number of hydrogen-bond donors (Lipinski definition) is 1. The fourth-order valence-electron chi connectivity index (χ4n) is 4.10. The van der Waals surface area contributed by atoms with E-state index in [-0.39, 0.29) is 0 Å². The number of likely N-dealkylation sites (tertiary alicyclic amines) is 1. The second-order valence-electron chi connectivity index (χ2n) is 6.68. The van der Waals surface area contributed by atoms with Gasteiger partial charge >= 0.3 is 0 Å². The van der Waals surface area contributed by atoms with Crippen LogP contribution in [0.2, 0.25) is 0 Å². The van der Waals surface area contributed by atoms with Crippen LogP contribution in [0.5, 0.6) is 0 Å². The smallest absolute Gasteiger partial charge is 0.0594 e. The van der Waals surface area contributed by atoms with Gasteiger partial charge in [-0.25, -0.2) is 0 Å². The molecule has 0 aromatic heterocycles. The van der Waals surface area contributed by atoms with E-state index in [0.717, 1.165) is 38.3 Å². The number of nitrogens with zero attached hydrogens (tertiary/aromatic N) is 2. The number of piperidine rings is 1. The molecule has 4 nitrogen and oxygen atoms in total. The normalized spacial score (nSPS) is 34.8. The molecule has 0 saturated carbocycles. The highest BCUT2D eigenvalue weighted by atomic mass is 16.5. The zero-order valence-electron chi connectivity index (χ0n) is 12.9. The van der Waals surface area contributed by atoms with Crippen LogP contribution in [0.15, 0.2) is 0 Å². The molecule has 4 heteroatoms. The predicted molar refractivity (Wildman–Crippen MR) is 82.1 cm³/mol. The Morgan fingerprint density at radius 3 is 2.45 bits per heavy atom. The molecule has 2 atom stereocenters. The number of hydrogen-bond acceptors (Lipinski definition) is 4. The molecule has 0 radical (unpaired) electrons. The van der Waals surface area contributed by atoms with Crippen LogP contribution in [-0.4, -0.2) is 74.9 Å². The van der Waals surface area contributed by atoms with E-state index in [9.17, 15) is 0 Å². The van der Waals surface area contributed by atoms with Crippen LogP contribution in [0.3, 0.4) is 0 Å². The molecule has 3 aliphatic heterocycles. The molecule has 2 unspecified atom stereocenters. The standard InChI is InChI=1S/C16H31N3O/c1-2-4-8-18(7-3-1)14-15-5-6-17-13-16(15)19-9-11-20-12-10-19/h15-17H,1-14H2. The molecule has 20 heavy (non-hydrogen) atoms. The summed E-state index contributed by atoms with van der Waals surface area (Å²) in [7, 11) is 0. The number of morpholine rings is 1. The first-order chi connectivity index (χ1) is 9.93. The molecule has 0 spiro atoms. The topological polar surface area (TPSA) is 27.7 Å². The average Bonchev–Trinajstić information content (AvgIpc) is 2.77. The molecule has 3 saturated heterocycles. The predicted octanol–water partition coefficient (Wildman–Crippen LogP) is 1.17. The maximum atomic E-state index is 5.52. The van der Waals surface area contributed by atoms with Gasteiger partial charge in [-0.1, -0.05) is 12.8 Å². The summed E-state index contributed by atoms with van der Waals surface area (Å²) in [5.74, 6) is 0.854. The lowest BCUT2D eigenvalue weighted by Crippen LogP contribution is -2.56. The summed E-state index contributed by atoms with van der Waals surface area (Å²) in [5.41, 5.74) is 0. The van der Waals surface area contributed by atoms with Gasteiger partial charge in [-0.3, -0.25) is 4.90 Å². The van der Waals surface area contributed by atoms with Gasteiger partial charge in [-0.15, -0.1) is 0 Å². The molecular formula is C16H31N3O. The van der Waals surface area contributed by atoms with Crippen molar-refractivity contribution in [2.24, 2.45) is 5.92 Å². The molecule has 3 heterocycles. The summed E-state index contributed by atoms with van der Waals surface area (Å²) < 4.78 is 5.52. The Labute approximate surface area is 123 Å². The van der Waals surface area contributed by atoms with Gasteiger partial charge in [0.1, 0.15) is 0 Å². The molecule has 116 valence electrons. The van der Waals surface area contributed by atoms with Crippen molar-refractivity contribution in [1.82, 2.24) is 15.1 Å². The van der Waals surface area contributed by atoms with Crippen molar-refractivity contribution in [3.63, 3.8) is 0 Å². The van der Waals surface area contributed by atoms with Crippen molar-refractivity contribution in [2.75, 3.05) is 59.0 Å². The highest BCUT2D eigenvalue weighted by Crippen LogP contribution is 2.22. The van der Waals surface area contributed by atoms with Gasteiger partial charge in [0.2, 0.25) is 0 Å². The maximum absolute atomic E-state index is 5.52. The van der Waals surface area contributed by atoms with Crippen LogP contribution in [0.4, 0.5) is 0 Å². The van der Waals surface area contributed by atoms with Crippen molar-refractivity contribution in [3.8, 4) is 0 Å². The van der Waals surface area contributed by atoms with Gasteiger partial charge in [0, 0.05) is 32.2 Å². The van der Waals surface area contributed by atoms with Gasteiger partial charge in [0.05, 0.1) is 13.2 Å². The van der Waals surface area contributed by atoms with Crippen molar-refractivity contribution in [2.45, 2.75) is 38.1 Å². The average molecular weight is 281 g/mol. The van der Waals surface area contributed by atoms with E-state index in [2.05, 4.69) is 15.1 Å². The lowest BCUT2D eigenvalue weighted by molar-refractivity contribution is -0.00841. The van der Waals surface area contributed by atoms with Crippen LogP contribution in [0.1, 0.15) is 32.1 Å². The van der Waals surface area contributed by atoms with Gasteiger partial charge in [0.25, 0.3) is 0 Å². The van der Waals surface area contributed by atoms with Crippen LogP contribution in [0, 0.1) is 5.92 Å². The minimum Gasteiger partial charge on any atom is -0.379 e. The third kappa shape index (κ3) is 3.94. The summed E-state index contributed by atoms with van der Waals surface area (Å²) >= 11 is 0. The molecule has 0 aromatic rings. The first-order valence-corrected chi connectivity index (χ1v) is 8.68. The van der Waals surface area contributed by atoms with Gasteiger partial charge in [-0.05, 0) is 44.8 Å². The summed E-state index contributed by atoms with van der Waals surface area (Å²) in [6, 6.07) is 0.732. The van der Waals surface area contributed by atoms with E-state index in [0.29, 0.717) is 0 Å². The molecule has 0 bridgehead atoms. The number of ether oxygens (including phenoxy) is 1. The Morgan fingerprint density at radius 2 is 1.70 bits per heavy atom. The van der Waals surface area contributed by atoms with Gasteiger partial charge < -0.3 is 15.0 Å². The molecule has 3 rings (SSSR count). The molecular weight excluding hydrogens is 250 g/mol. The fraction of sp³-hybridized carbons (Fsp3) is 1.00. The second kappa shape index (κ2) is 7.74. The van der Waals surface area contributed by atoms with Crippen LogP contribution >= 0.6 is 0 Å². The first kappa shape index (κ1) is 14.8. The van der Waals surface area contributed by atoms with Gasteiger partial charge in [-0.2, -0.15) is 0 Å². The third-order valence-electron chi connectivity index (χ3n) is 5.30. The summed E-state index contributed by atoms with van der Waals surface area (Å²) in [6.45, 7) is 10.5. The maximum Gasteiger partial charge on any atom is 0.0594 e. The lowest BCUT2D eigenvalue weighted by Gasteiger charge is -2.43. The van der Waals surface area contributed by atoms with E-state index < -0.39 is 0 Å². The molecule has 3 aliphatic rings. The zero-order chi connectivity index (χ0) is 13.6. The molecule has 1 N–H and O–H groups in total. The minimum atomic E-state index is 0.732. The monoisotopic (exact) mass is 281 g/mol. The van der Waals surface area contributed by atoms with Crippen molar-refractivity contribution in [3.05, 3.63) is 0 Å². The van der Waals surface area contributed by atoms with Crippen molar-refractivity contribution in [1.29, 1.82) is 0 Å². The number of rotatable bonds is 3. The van der Waals surface area contributed by atoms with E-state index in [1.165, 1.54) is 64.8 Å². The van der Waals surface area contributed by atoms with E-state index >= 15 is 0 Å². The van der Waals surface area contributed by atoms with Gasteiger partial charge in [0.15, 0.2) is 0 Å². The third-order valence-corrected chi connectivity index (χ3v) is 5.30. The van der Waals surface area contributed by atoms with Crippen LogP contribution in [0.25, 0.3) is 0 Å². The second-order valence-corrected chi connectivity index (χ2v) is 6.68. The quantitative estimate of drug-likeness (QED) is 0.840. The van der Waals surface area contributed by atoms with Crippen LogP contribution in [-0.2, 0) is 4.74 Å². The Morgan fingerprint density at radius 1 is 0.950 bits per heavy atom. The molecule has 0 aromatic carbocycles. The number of nitrogens with one attached hydrogen (secondary N) is 1. The Bertz CT molecular complexity index is 273. The Hall–Kier alpha value is -0.160. The van der Waals surface area contributed by atoms with E-state index in [1.807, 2.05) is 0 Å². The molecule has 0 aliphatic carbocycles. The van der Waals surface area contributed by atoms with E-state index in [1.54, 1.807) is 0 Å². The lowest BCUT2D eigenvalue weighted by atomic mass is 9.90. The largest absolute Gasteiger partial charge is 0.379 e. The zero-order valence-corrected chi connectivity index (χ0v) is 12.9. The Balaban J connectivity index is 1.56. The highest BCUT2D eigenvalue weighted by molar-refractivity contribution is 4.88. The van der Waals surface area contributed by atoms with Crippen LogP contribution < -0.4 is 5.32 Å². The first-order valence-electron chi connectivity index (χ1n) is 8.68. The molecule has 0 amide bonds. The van der Waals surface area contributed by atoms with E-state index in [4.69, 9.17) is 4.74 Å². The van der Waals surface area contributed by atoms with Crippen molar-refractivity contribution >= 4 is 0 Å².